The number of ether oxygens (including phenoxy) is 1. The van der Waals surface area contributed by atoms with Crippen molar-refractivity contribution in [3.8, 4) is 0 Å². The van der Waals surface area contributed by atoms with Crippen LogP contribution in [0.4, 0.5) is 0 Å². The van der Waals surface area contributed by atoms with Crippen LogP contribution in [0.25, 0.3) is 0 Å². The zero-order valence-corrected chi connectivity index (χ0v) is 7.99. The molecule has 0 aromatic rings. The minimum Gasteiger partial charge on any atom is -0.485 e. The van der Waals surface area contributed by atoms with E-state index in [4.69, 9.17) is 4.74 Å². The van der Waals surface area contributed by atoms with Crippen molar-refractivity contribution in [2.45, 2.75) is 33.8 Å². The third kappa shape index (κ3) is 0.795. The maximum atomic E-state index is 5.63. The van der Waals surface area contributed by atoms with Gasteiger partial charge in [-0.1, -0.05) is 0 Å². The lowest BCUT2D eigenvalue weighted by Crippen LogP contribution is -2.06. The molecule has 12 heavy (non-hydrogen) atoms. The summed E-state index contributed by atoms with van der Waals surface area (Å²) in [5.74, 6) is 0.918. The van der Waals surface area contributed by atoms with Crippen LogP contribution < -0.4 is 0 Å². The summed E-state index contributed by atoms with van der Waals surface area (Å²) in [7, 11) is 0. The molecular formula is C11H13O. The molecule has 0 aromatic heterocycles. The quantitative estimate of drug-likeness (QED) is 0.530. The van der Waals surface area contributed by atoms with Crippen molar-refractivity contribution in [3.63, 3.8) is 0 Å². The normalized spacial score (nSPS) is 27.7. The molecule has 0 saturated carbocycles. The van der Waals surface area contributed by atoms with Crippen molar-refractivity contribution >= 4 is 0 Å². The molecular weight excluding hydrogens is 148 g/mol. The van der Waals surface area contributed by atoms with E-state index in [1.54, 1.807) is 0 Å². The molecule has 1 heterocycles. The highest BCUT2D eigenvalue weighted by Crippen LogP contribution is 2.39. The smallest absolute Gasteiger partial charge is 0.146 e. The van der Waals surface area contributed by atoms with Crippen LogP contribution in [0.2, 0.25) is 0 Å². The Labute approximate surface area is 73.4 Å². The molecule has 1 aliphatic heterocycles. The molecule has 1 heteroatoms. The van der Waals surface area contributed by atoms with Gasteiger partial charge in [0.05, 0.1) is 0 Å². The highest BCUT2D eigenvalue weighted by Gasteiger charge is 2.31. The Kier molecular flexibility index (Phi) is 1.44. The van der Waals surface area contributed by atoms with Gasteiger partial charge in [0.2, 0.25) is 0 Å². The summed E-state index contributed by atoms with van der Waals surface area (Å²) in [5, 5.41) is 0. The van der Waals surface area contributed by atoms with E-state index in [1.165, 1.54) is 22.3 Å². The maximum Gasteiger partial charge on any atom is 0.146 e. The Balaban J connectivity index is 2.49. The van der Waals surface area contributed by atoms with E-state index < -0.39 is 0 Å². The molecule has 1 unspecified atom stereocenters. The molecule has 2 aliphatic rings. The second-order valence-electron chi connectivity index (χ2n) is 3.53. The summed E-state index contributed by atoms with van der Waals surface area (Å²) in [4.78, 5) is 0. The molecule has 0 bridgehead atoms. The van der Waals surface area contributed by atoms with E-state index in [-0.39, 0.29) is 6.10 Å². The molecule has 2 rings (SSSR count). The fourth-order valence-electron chi connectivity index (χ4n) is 1.81. The van der Waals surface area contributed by atoms with Crippen LogP contribution in [-0.4, -0.2) is 6.10 Å². The zero-order chi connectivity index (χ0) is 8.88. The molecule has 1 atom stereocenters. The van der Waals surface area contributed by atoms with Crippen molar-refractivity contribution in [2.75, 3.05) is 0 Å². The Morgan fingerprint density at radius 3 is 2.33 bits per heavy atom. The van der Waals surface area contributed by atoms with Crippen LogP contribution in [0, 0.1) is 6.08 Å². The van der Waals surface area contributed by atoms with Crippen LogP contribution in [0.5, 0.6) is 0 Å². The summed E-state index contributed by atoms with van der Waals surface area (Å²) < 4.78 is 5.63. The summed E-state index contributed by atoms with van der Waals surface area (Å²) in [6, 6.07) is 0. The Morgan fingerprint density at radius 2 is 1.75 bits per heavy atom. The number of fused-ring (bicyclic) bond motifs is 1. The van der Waals surface area contributed by atoms with E-state index in [1.807, 2.05) is 6.92 Å². The highest BCUT2D eigenvalue weighted by molar-refractivity contribution is 5.53. The van der Waals surface area contributed by atoms with E-state index in [0.29, 0.717) is 0 Å². The zero-order valence-electron chi connectivity index (χ0n) is 7.99. The van der Waals surface area contributed by atoms with Gasteiger partial charge in [-0.3, -0.25) is 0 Å². The molecule has 0 spiro atoms. The first-order valence-corrected chi connectivity index (χ1v) is 4.27. The first-order chi connectivity index (χ1) is 5.61. The van der Waals surface area contributed by atoms with Gasteiger partial charge in [-0.15, -0.1) is 0 Å². The largest absolute Gasteiger partial charge is 0.485 e. The second-order valence-corrected chi connectivity index (χ2v) is 3.53. The van der Waals surface area contributed by atoms with E-state index >= 15 is 0 Å². The van der Waals surface area contributed by atoms with Crippen molar-refractivity contribution < 1.29 is 4.74 Å². The Hall–Kier alpha value is -0.980. The minimum absolute atomic E-state index is 0.185. The molecule has 0 N–H and O–H groups in total. The van der Waals surface area contributed by atoms with Crippen LogP contribution in [0.1, 0.15) is 27.7 Å². The highest BCUT2D eigenvalue weighted by atomic mass is 16.5. The molecule has 63 valence electrons. The van der Waals surface area contributed by atoms with Crippen molar-refractivity contribution in [1.82, 2.24) is 0 Å². The SMILES string of the molecule is CC1=[C]C2=C(C)C(C)=C(C)C2O1. The number of allylic oxidation sites excluding steroid dienone is 3. The Bertz CT molecular complexity index is 329. The summed E-state index contributed by atoms with van der Waals surface area (Å²) in [5.41, 5.74) is 5.29. The van der Waals surface area contributed by atoms with Gasteiger partial charge in [0.25, 0.3) is 0 Å². The van der Waals surface area contributed by atoms with Crippen molar-refractivity contribution in [1.29, 1.82) is 0 Å². The topological polar surface area (TPSA) is 9.23 Å². The average molecular weight is 161 g/mol. The van der Waals surface area contributed by atoms with Gasteiger partial charge in [-0.2, -0.15) is 0 Å². The maximum absolute atomic E-state index is 5.63. The molecule has 0 saturated heterocycles. The summed E-state index contributed by atoms with van der Waals surface area (Å²) >= 11 is 0. The van der Waals surface area contributed by atoms with Gasteiger partial charge in [-0.25, -0.2) is 0 Å². The van der Waals surface area contributed by atoms with Crippen molar-refractivity contribution in [2.24, 2.45) is 0 Å². The lowest BCUT2D eigenvalue weighted by Gasteiger charge is -2.09. The van der Waals surface area contributed by atoms with Gasteiger partial charge < -0.3 is 4.74 Å². The lowest BCUT2D eigenvalue weighted by molar-refractivity contribution is 0.198. The number of hydrogen-bond acceptors (Lipinski definition) is 1. The third-order valence-electron chi connectivity index (χ3n) is 2.82. The van der Waals surface area contributed by atoms with Gasteiger partial charge in [0, 0.05) is 11.6 Å². The molecule has 1 aliphatic carbocycles. The van der Waals surface area contributed by atoms with Crippen molar-refractivity contribution in [3.05, 3.63) is 34.1 Å². The van der Waals surface area contributed by atoms with Crippen LogP contribution >= 0.6 is 0 Å². The van der Waals surface area contributed by atoms with E-state index in [0.717, 1.165) is 5.76 Å². The molecule has 1 radical (unpaired) electrons. The number of rotatable bonds is 0. The summed E-state index contributed by atoms with van der Waals surface area (Å²) in [6.45, 7) is 8.39. The summed E-state index contributed by atoms with van der Waals surface area (Å²) in [6.07, 6.45) is 3.44. The van der Waals surface area contributed by atoms with Gasteiger partial charge in [0.1, 0.15) is 11.9 Å². The first kappa shape index (κ1) is 7.66. The second kappa shape index (κ2) is 2.25. The van der Waals surface area contributed by atoms with Crippen LogP contribution in [0.15, 0.2) is 28.1 Å². The van der Waals surface area contributed by atoms with Crippen LogP contribution in [-0.2, 0) is 4.74 Å². The predicted octanol–water partition coefficient (Wildman–Crippen LogP) is 2.76. The standard InChI is InChI=1S/C11H13O/c1-6-5-10-8(3)7(2)9(4)11(10)12-6/h11H,1-4H3. The fourth-order valence-corrected chi connectivity index (χ4v) is 1.81. The van der Waals surface area contributed by atoms with Gasteiger partial charge in [0.15, 0.2) is 0 Å². The number of hydrogen-bond donors (Lipinski definition) is 0. The van der Waals surface area contributed by atoms with Gasteiger partial charge >= 0.3 is 0 Å². The molecule has 1 nitrogen and oxygen atoms in total. The van der Waals surface area contributed by atoms with Gasteiger partial charge in [-0.05, 0) is 44.4 Å². The lowest BCUT2D eigenvalue weighted by atomic mass is 10.1. The molecule has 0 amide bonds. The van der Waals surface area contributed by atoms with E-state index in [9.17, 15) is 0 Å². The monoisotopic (exact) mass is 161 g/mol. The van der Waals surface area contributed by atoms with Crippen LogP contribution in [0.3, 0.4) is 0 Å². The first-order valence-electron chi connectivity index (χ1n) is 4.27. The fraction of sp³-hybridized carbons (Fsp3) is 0.455. The minimum atomic E-state index is 0.185. The van der Waals surface area contributed by atoms with E-state index in [2.05, 4.69) is 26.8 Å². The Morgan fingerprint density at radius 1 is 1.08 bits per heavy atom. The molecule has 0 fully saturated rings. The average Bonchev–Trinajstić information content (AvgIpc) is 2.49. The third-order valence-corrected chi connectivity index (χ3v) is 2.82. The molecule has 0 aromatic carbocycles. The predicted molar refractivity (Wildman–Crippen MR) is 48.4 cm³/mol.